The van der Waals surface area contributed by atoms with E-state index in [0.29, 0.717) is 31.2 Å². The van der Waals surface area contributed by atoms with E-state index in [0.717, 1.165) is 86.5 Å². The van der Waals surface area contributed by atoms with Crippen molar-refractivity contribution in [3.63, 3.8) is 0 Å². The summed E-state index contributed by atoms with van der Waals surface area (Å²) < 4.78 is 51.4. The van der Waals surface area contributed by atoms with Crippen LogP contribution >= 0.6 is 11.3 Å². The Labute approximate surface area is 391 Å². The van der Waals surface area contributed by atoms with Crippen LogP contribution < -0.4 is 20.1 Å². The van der Waals surface area contributed by atoms with Crippen molar-refractivity contribution in [2.45, 2.75) is 102 Å². The molecule has 1 aliphatic carbocycles. The highest BCUT2D eigenvalue weighted by Gasteiger charge is 2.38. The molecule has 3 atom stereocenters. The van der Waals surface area contributed by atoms with E-state index >= 15 is 4.39 Å². The molecule has 1 aromatic carbocycles. The van der Waals surface area contributed by atoms with E-state index in [2.05, 4.69) is 25.7 Å². The number of carbonyl (C=O) groups is 4. The number of rotatable bonds is 15. The number of benzene rings is 1. The number of piperidine rings is 1. The van der Waals surface area contributed by atoms with Crippen molar-refractivity contribution in [1.82, 2.24) is 44.9 Å². The highest BCUT2D eigenvalue weighted by atomic mass is 32.1. The largest absolute Gasteiger partial charge is 0.489 e. The van der Waals surface area contributed by atoms with Crippen LogP contribution in [0.5, 0.6) is 11.6 Å². The van der Waals surface area contributed by atoms with E-state index < -0.39 is 29.6 Å². The number of aromatic nitrogens is 3. The zero-order valence-corrected chi connectivity index (χ0v) is 38.9. The molecule has 16 nitrogen and oxygen atoms in total. The Morgan fingerprint density at radius 2 is 1.69 bits per heavy atom. The molecule has 4 fully saturated rings. The zero-order valence-electron chi connectivity index (χ0n) is 38.1. The van der Waals surface area contributed by atoms with E-state index in [1.807, 2.05) is 17.5 Å². The third-order valence-corrected chi connectivity index (χ3v) is 14.9. The van der Waals surface area contributed by atoms with Gasteiger partial charge in [-0.2, -0.15) is 0 Å². The van der Waals surface area contributed by atoms with Crippen molar-refractivity contribution < 1.29 is 42.0 Å². The number of halogens is 2. The van der Waals surface area contributed by atoms with Crippen LogP contribution in [0.4, 0.5) is 8.78 Å². The number of nitrogens with one attached hydrogen (secondary N) is 2. The van der Waals surface area contributed by atoms with Crippen LogP contribution in [-0.2, 0) is 27.5 Å². The number of likely N-dealkylation sites (tertiary alicyclic amines) is 2. The first kappa shape index (κ1) is 46.5. The number of pyridine rings is 1. The maximum atomic E-state index is 16.4. The minimum Gasteiger partial charge on any atom is -0.489 e. The summed E-state index contributed by atoms with van der Waals surface area (Å²) in [5, 5.41) is 12.0. The number of hydrogen-bond acceptors (Lipinski definition) is 12. The SMILES string of the molecule is CN[C@@H](C)C(=O)N[C@H](C(=O)N1CCN(C(=O)c2c(F)c3cc(F)ccc3n2CC(=O)N2CCC[C@H]2COc2cc(CN3CCC(Oc4ccnc5ccsc45)CC3)on2)CC1)C1CCCCC1. The number of piperazine rings is 1. The number of amides is 4. The second-order valence-electron chi connectivity index (χ2n) is 18.3. The molecule has 7 heterocycles. The van der Waals surface area contributed by atoms with Crippen molar-refractivity contribution in [3.05, 3.63) is 71.1 Å². The number of carbonyl (C=O) groups excluding carboxylic acids is 4. The lowest BCUT2D eigenvalue weighted by Gasteiger charge is -2.39. The average molecular weight is 944 g/mol. The molecule has 0 radical (unpaired) electrons. The standard InChI is InChI=1S/C48H59F2N9O7S/c1-30(51-2)46(61)53-43(31-7-4-3-5-8-31)47(62)56-20-22-57(23-21-56)48(63)44-42(50)36-25-32(49)10-11-38(36)59(44)28-41(60)58-17-6-9-33(58)29-64-40-26-35(66-54-40)27-55-18-13-34(14-19-55)65-39-12-16-52-37-15-24-67-45(37)39/h10-12,15-16,24-26,30-31,33-34,43,51H,3-9,13-14,17-23,27-29H2,1-2H3,(H,53,61)/t30-,33-,43-/m0/s1. The molecular weight excluding hydrogens is 885 g/mol. The molecule has 0 spiro atoms. The number of nitrogens with zero attached hydrogens (tertiary/aromatic N) is 7. The lowest BCUT2D eigenvalue weighted by atomic mass is 9.83. The Hall–Kier alpha value is -5.66. The van der Waals surface area contributed by atoms with Gasteiger partial charge in [0.2, 0.25) is 17.7 Å². The number of hydrogen-bond donors (Lipinski definition) is 2. The van der Waals surface area contributed by atoms with Gasteiger partial charge < -0.3 is 43.9 Å². The fourth-order valence-electron chi connectivity index (χ4n) is 10.1. The molecule has 5 aromatic rings. The summed E-state index contributed by atoms with van der Waals surface area (Å²) in [4.78, 5) is 67.0. The van der Waals surface area contributed by atoms with Gasteiger partial charge in [-0.05, 0) is 99.3 Å². The van der Waals surface area contributed by atoms with Crippen LogP contribution in [0.15, 0.2) is 52.5 Å². The lowest BCUT2D eigenvalue weighted by Crippen LogP contribution is -2.59. The Morgan fingerprint density at radius 3 is 2.46 bits per heavy atom. The second-order valence-corrected chi connectivity index (χ2v) is 19.2. The Balaban J connectivity index is 0.805. The van der Waals surface area contributed by atoms with Gasteiger partial charge in [0.25, 0.3) is 11.8 Å². The quantitative estimate of drug-likeness (QED) is 0.134. The van der Waals surface area contributed by atoms with Crippen LogP contribution in [-0.4, -0.2) is 142 Å². The maximum absolute atomic E-state index is 16.4. The number of fused-ring (bicyclic) bond motifs is 2. The van der Waals surface area contributed by atoms with E-state index in [1.165, 1.54) is 21.6 Å². The molecular formula is C48H59F2N9O7S. The van der Waals surface area contributed by atoms with Crippen molar-refractivity contribution in [1.29, 1.82) is 0 Å². The minimum atomic E-state index is -0.907. The molecule has 9 rings (SSSR count). The van der Waals surface area contributed by atoms with Crippen molar-refractivity contribution in [3.8, 4) is 11.6 Å². The fourth-order valence-corrected chi connectivity index (χ4v) is 10.9. The molecule has 1 saturated carbocycles. The molecule has 4 aliphatic rings. The van der Waals surface area contributed by atoms with Crippen LogP contribution in [0.1, 0.15) is 81.0 Å². The average Bonchev–Trinajstić information content (AvgIpc) is 4.18. The highest BCUT2D eigenvalue weighted by Crippen LogP contribution is 2.33. The summed E-state index contributed by atoms with van der Waals surface area (Å²) in [5.41, 5.74) is 0.828. The molecule has 4 amide bonds. The first-order valence-electron chi connectivity index (χ1n) is 23.7. The molecule has 3 saturated heterocycles. The summed E-state index contributed by atoms with van der Waals surface area (Å²) in [6.07, 6.45) is 9.78. The number of ether oxygens (including phenoxy) is 2. The van der Waals surface area contributed by atoms with Gasteiger partial charge in [0.15, 0.2) is 11.6 Å². The summed E-state index contributed by atoms with van der Waals surface area (Å²) in [5.74, 6) is -1.14. The van der Waals surface area contributed by atoms with Crippen molar-refractivity contribution in [2.24, 2.45) is 5.92 Å². The third kappa shape index (κ3) is 10.3. The molecule has 0 unspecified atom stereocenters. The van der Waals surface area contributed by atoms with Crippen LogP contribution in [0.3, 0.4) is 0 Å². The number of likely N-dealkylation sites (N-methyl/N-ethyl adjacent to an activating group) is 1. The summed E-state index contributed by atoms with van der Waals surface area (Å²) >= 11 is 1.63. The first-order valence-corrected chi connectivity index (χ1v) is 24.5. The van der Waals surface area contributed by atoms with E-state index in [9.17, 15) is 23.6 Å². The molecule has 67 heavy (non-hydrogen) atoms. The monoisotopic (exact) mass is 943 g/mol. The van der Waals surface area contributed by atoms with Crippen LogP contribution in [0, 0.1) is 17.6 Å². The van der Waals surface area contributed by atoms with Crippen molar-refractivity contribution >= 4 is 56.1 Å². The van der Waals surface area contributed by atoms with Gasteiger partial charge in [0.1, 0.15) is 42.6 Å². The Kier molecular flexibility index (Phi) is 14.3. The van der Waals surface area contributed by atoms with Gasteiger partial charge >= 0.3 is 0 Å². The minimum absolute atomic E-state index is 0.0107. The van der Waals surface area contributed by atoms with Gasteiger partial charge in [0.05, 0.1) is 34.4 Å². The molecule has 358 valence electrons. The first-order chi connectivity index (χ1) is 32.5. The predicted molar refractivity (Wildman–Crippen MR) is 247 cm³/mol. The van der Waals surface area contributed by atoms with Gasteiger partial charge in [0, 0.05) is 63.5 Å². The van der Waals surface area contributed by atoms with Crippen molar-refractivity contribution in [2.75, 3.05) is 59.5 Å². The Morgan fingerprint density at radius 1 is 0.910 bits per heavy atom. The van der Waals surface area contributed by atoms with Gasteiger partial charge in [-0.25, -0.2) is 8.78 Å². The fraction of sp³-hybridized carbons (Fsp3) is 0.542. The maximum Gasteiger partial charge on any atom is 0.273 e. The van der Waals surface area contributed by atoms with Crippen LogP contribution in [0.25, 0.3) is 21.1 Å². The molecule has 3 aliphatic heterocycles. The van der Waals surface area contributed by atoms with E-state index in [4.69, 9.17) is 14.0 Å². The van der Waals surface area contributed by atoms with Crippen LogP contribution in [0.2, 0.25) is 0 Å². The molecule has 0 bridgehead atoms. The van der Waals surface area contributed by atoms with E-state index in [1.54, 1.807) is 47.4 Å². The number of thiophene rings is 1. The van der Waals surface area contributed by atoms with Gasteiger partial charge in [-0.3, -0.25) is 29.1 Å². The summed E-state index contributed by atoms with van der Waals surface area (Å²) in [6.45, 7) is 4.82. The van der Waals surface area contributed by atoms with E-state index in [-0.39, 0.29) is 91.7 Å². The third-order valence-electron chi connectivity index (χ3n) is 14.0. The van der Waals surface area contributed by atoms with Gasteiger partial charge in [-0.1, -0.05) is 19.3 Å². The molecule has 4 aromatic heterocycles. The predicted octanol–water partition coefficient (Wildman–Crippen LogP) is 5.59. The summed E-state index contributed by atoms with van der Waals surface area (Å²) in [6, 6.07) is 7.84. The smallest absolute Gasteiger partial charge is 0.273 e. The molecule has 2 N–H and O–H groups in total. The van der Waals surface area contributed by atoms with Gasteiger partial charge in [-0.15, -0.1) is 11.3 Å². The normalized spacial score (nSPS) is 19.8. The Bertz CT molecular complexity index is 2560. The second kappa shape index (κ2) is 20.7. The molecule has 19 heteroatoms. The lowest BCUT2D eigenvalue weighted by molar-refractivity contribution is -0.140. The zero-order chi connectivity index (χ0) is 46.6. The highest BCUT2D eigenvalue weighted by molar-refractivity contribution is 7.17. The summed E-state index contributed by atoms with van der Waals surface area (Å²) in [7, 11) is 1.69. The topological polar surface area (TPSA) is 168 Å².